The molecule has 0 heterocycles. The highest BCUT2D eigenvalue weighted by molar-refractivity contribution is 7.98. The SMILES string of the molecule is CSCCC(C)NCC(O)COC1CCC(C)CC1. The first-order chi connectivity index (χ1) is 9.11. The Balaban J connectivity index is 2.02. The fraction of sp³-hybridized carbons (Fsp3) is 1.00. The molecule has 2 unspecified atom stereocenters. The van der Waals surface area contributed by atoms with E-state index in [-0.39, 0.29) is 6.10 Å². The number of aliphatic hydroxyl groups is 1. The molecule has 2 N–H and O–H groups in total. The number of rotatable bonds is 9. The molecule has 2 atom stereocenters. The van der Waals surface area contributed by atoms with E-state index in [0.717, 1.165) is 25.2 Å². The molecule has 1 rings (SSSR count). The molecule has 1 aliphatic carbocycles. The molecule has 3 nitrogen and oxygen atoms in total. The number of hydrogen-bond acceptors (Lipinski definition) is 4. The van der Waals surface area contributed by atoms with Crippen LogP contribution in [-0.2, 0) is 4.74 Å². The van der Waals surface area contributed by atoms with Crippen LogP contribution < -0.4 is 5.32 Å². The van der Waals surface area contributed by atoms with Crippen molar-refractivity contribution in [2.24, 2.45) is 5.92 Å². The molecular formula is C15H31NO2S. The molecule has 0 aromatic rings. The van der Waals surface area contributed by atoms with Gasteiger partial charge in [0, 0.05) is 12.6 Å². The van der Waals surface area contributed by atoms with Gasteiger partial charge in [0.2, 0.25) is 0 Å². The molecule has 4 heteroatoms. The van der Waals surface area contributed by atoms with E-state index >= 15 is 0 Å². The van der Waals surface area contributed by atoms with E-state index in [4.69, 9.17) is 4.74 Å². The second kappa shape index (κ2) is 10.0. The third-order valence-electron chi connectivity index (χ3n) is 3.94. The topological polar surface area (TPSA) is 41.5 Å². The average Bonchev–Trinajstić information content (AvgIpc) is 2.42. The standard InChI is InChI=1S/C15H31NO2S/c1-12-4-6-15(7-5-12)18-11-14(17)10-16-13(2)8-9-19-3/h12-17H,4-11H2,1-3H3. The van der Waals surface area contributed by atoms with Gasteiger partial charge in [0.25, 0.3) is 0 Å². The van der Waals surface area contributed by atoms with E-state index in [0.29, 0.717) is 25.3 Å². The van der Waals surface area contributed by atoms with Crippen LogP contribution in [0.2, 0.25) is 0 Å². The number of ether oxygens (including phenoxy) is 1. The maximum absolute atomic E-state index is 9.91. The molecule has 0 aromatic heterocycles. The highest BCUT2D eigenvalue weighted by Gasteiger charge is 2.19. The Labute approximate surface area is 122 Å². The maximum Gasteiger partial charge on any atom is 0.0897 e. The fourth-order valence-corrected chi connectivity index (χ4v) is 3.03. The van der Waals surface area contributed by atoms with Gasteiger partial charge >= 0.3 is 0 Å². The van der Waals surface area contributed by atoms with Crippen molar-refractivity contribution in [1.29, 1.82) is 0 Å². The number of thioether (sulfide) groups is 1. The molecule has 0 aliphatic heterocycles. The summed E-state index contributed by atoms with van der Waals surface area (Å²) in [6.45, 7) is 5.59. The van der Waals surface area contributed by atoms with E-state index in [2.05, 4.69) is 25.4 Å². The Kier molecular flexibility index (Phi) is 9.12. The summed E-state index contributed by atoms with van der Waals surface area (Å²) in [5.74, 6) is 2.02. The van der Waals surface area contributed by atoms with Gasteiger partial charge in [-0.05, 0) is 57.0 Å². The van der Waals surface area contributed by atoms with Crippen molar-refractivity contribution in [3.05, 3.63) is 0 Å². The lowest BCUT2D eigenvalue weighted by Gasteiger charge is -2.27. The summed E-state index contributed by atoms with van der Waals surface area (Å²) in [5, 5.41) is 13.3. The Hall–Kier alpha value is 0.230. The molecule has 114 valence electrons. The van der Waals surface area contributed by atoms with Crippen molar-refractivity contribution in [1.82, 2.24) is 5.32 Å². The highest BCUT2D eigenvalue weighted by Crippen LogP contribution is 2.25. The predicted octanol–water partition coefficient (Wildman–Crippen LogP) is 2.67. The molecule has 19 heavy (non-hydrogen) atoms. The molecular weight excluding hydrogens is 258 g/mol. The van der Waals surface area contributed by atoms with E-state index < -0.39 is 0 Å². The largest absolute Gasteiger partial charge is 0.389 e. The number of nitrogens with one attached hydrogen (secondary N) is 1. The predicted molar refractivity (Wildman–Crippen MR) is 83.8 cm³/mol. The molecule has 0 bridgehead atoms. The molecule has 0 radical (unpaired) electrons. The minimum Gasteiger partial charge on any atom is -0.389 e. The van der Waals surface area contributed by atoms with Crippen LogP contribution in [0, 0.1) is 5.92 Å². The van der Waals surface area contributed by atoms with Crippen LogP contribution in [0.5, 0.6) is 0 Å². The second-order valence-electron chi connectivity index (χ2n) is 5.96. The molecule has 0 saturated heterocycles. The molecule has 0 spiro atoms. The van der Waals surface area contributed by atoms with Crippen LogP contribution >= 0.6 is 11.8 Å². The highest BCUT2D eigenvalue weighted by atomic mass is 32.2. The summed E-state index contributed by atoms with van der Waals surface area (Å²) in [6, 6.07) is 0.470. The van der Waals surface area contributed by atoms with Gasteiger partial charge in [0.05, 0.1) is 18.8 Å². The molecule has 0 aromatic carbocycles. The van der Waals surface area contributed by atoms with Gasteiger partial charge in [-0.1, -0.05) is 6.92 Å². The lowest BCUT2D eigenvalue weighted by Crippen LogP contribution is -2.37. The molecule has 1 aliphatic rings. The van der Waals surface area contributed by atoms with Crippen LogP contribution in [0.25, 0.3) is 0 Å². The molecule has 0 amide bonds. The van der Waals surface area contributed by atoms with E-state index in [1.807, 2.05) is 11.8 Å². The smallest absolute Gasteiger partial charge is 0.0897 e. The second-order valence-corrected chi connectivity index (χ2v) is 6.95. The van der Waals surface area contributed by atoms with Crippen LogP contribution in [0.3, 0.4) is 0 Å². The zero-order chi connectivity index (χ0) is 14.1. The molecule has 1 saturated carbocycles. The van der Waals surface area contributed by atoms with Gasteiger partial charge in [0.15, 0.2) is 0 Å². The third kappa shape index (κ3) is 8.18. The Morgan fingerprint density at radius 1 is 1.32 bits per heavy atom. The molecule has 1 fully saturated rings. The third-order valence-corrected chi connectivity index (χ3v) is 4.59. The quantitative estimate of drug-likeness (QED) is 0.685. The average molecular weight is 289 g/mol. The first kappa shape index (κ1) is 17.3. The van der Waals surface area contributed by atoms with Gasteiger partial charge in [-0.3, -0.25) is 0 Å². The zero-order valence-corrected chi connectivity index (χ0v) is 13.5. The summed E-state index contributed by atoms with van der Waals surface area (Å²) in [5.41, 5.74) is 0. The van der Waals surface area contributed by atoms with Crippen molar-refractivity contribution >= 4 is 11.8 Å². The van der Waals surface area contributed by atoms with Crippen molar-refractivity contribution in [2.45, 2.75) is 64.2 Å². The van der Waals surface area contributed by atoms with Crippen molar-refractivity contribution in [3.8, 4) is 0 Å². The van der Waals surface area contributed by atoms with Gasteiger partial charge in [0.1, 0.15) is 0 Å². The van der Waals surface area contributed by atoms with Crippen LogP contribution in [-0.4, -0.2) is 48.5 Å². The Morgan fingerprint density at radius 2 is 2.00 bits per heavy atom. The Morgan fingerprint density at radius 3 is 2.63 bits per heavy atom. The van der Waals surface area contributed by atoms with Crippen molar-refractivity contribution in [2.75, 3.05) is 25.2 Å². The fourth-order valence-electron chi connectivity index (χ4n) is 2.44. The van der Waals surface area contributed by atoms with Crippen LogP contribution in [0.15, 0.2) is 0 Å². The first-order valence-corrected chi connectivity index (χ1v) is 9.03. The summed E-state index contributed by atoms with van der Waals surface area (Å²) in [6.07, 6.45) is 8.12. The number of aliphatic hydroxyl groups excluding tert-OH is 1. The normalized spacial score (nSPS) is 27.2. The lowest BCUT2D eigenvalue weighted by molar-refractivity contribution is -0.0283. The van der Waals surface area contributed by atoms with E-state index in [1.165, 1.54) is 18.6 Å². The first-order valence-electron chi connectivity index (χ1n) is 7.63. The van der Waals surface area contributed by atoms with Gasteiger partial charge in [-0.25, -0.2) is 0 Å². The van der Waals surface area contributed by atoms with Crippen LogP contribution in [0.1, 0.15) is 46.0 Å². The van der Waals surface area contributed by atoms with Crippen molar-refractivity contribution < 1.29 is 9.84 Å². The maximum atomic E-state index is 9.91. The van der Waals surface area contributed by atoms with Crippen LogP contribution in [0.4, 0.5) is 0 Å². The number of hydrogen-bond donors (Lipinski definition) is 2. The summed E-state index contributed by atoms with van der Waals surface area (Å²) >= 11 is 1.87. The van der Waals surface area contributed by atoms with E-state index in [9.17, 15) is 5.11 Å². The van der Waals surface area contributed by atoms with Gasteiger partial charge in [-0.15, -0.1) is 0 Å². The van der Waals surface area contributed by atoms with Crippen molar-refractivity contribution in [3.63, 3.8) is 0 Å². The van der Waals surface area contributed by atoms with Gasteiger partial charge in [-0.2, -0.15) is 11.8 Å². The lowest BCUT2D eigenvalue weighted by atomic mass is 9.89. The zero-order valence-electron chi connectivity index (χ0n) is 12.7. The van der Waals surface area contributed by atoms with E-state index in [1.54, 1.807) is 0 Å². The summed E-state index contributed by atoms with van der Waals surface area (Å²) < 4.78 is 5.81. The summed E-state index contributed by atoms with van der Waals surface area (Å²) in [4.78, 5) is 0. The minimum atomic E-state index is -0.379. The monoisotopic (exact) mass is 289 g/mol. The minimum absolute atomic E-state index is 0.375. The summed E-state index contributed by atoms with van der Waals surface area (Å²) in [7, 11) is 0. The Bertz CT molecular complexity index is 220. The van der Waals surface area contributed by atoms with Gasteiger partial charge < -0.3 is 15.2 Å².